The second-order valence-corrected chi connectivity index (χ2v) is 7.62. The van der Waals surface area contributed by atoms with E-state index < -0.39 is 18.1 Å². The fourth-order valence-corrected chi connectivity index (χ4v) is 2.94. The minimum absolute atomic E-state index is 0. The number of benzene rings is 1. The Labute approximate surface area is 194 Å². The summed E-state index contributed by atoms with van der Waals surface area (Å²) in [6, 6.07) is 12.2. The number of esters is 1. The molecule has 0 unspecified atom stereocenters. The maximum absolute atomic E-state index is 12.4. The largest absolute Gasteiger partial charge is 1.00 e. The van der Waals surface area contributed by atoms with Crippen LogP contribution in [0.2, 0.25) is 0 Å². The molecule has 0 aliphatic rings. The van der Waals surface area contributed by atoms with Gasteiger partial charge < -0.3 is 32.5 Å². The zero-order valence-electron chi connectivity index (χ0n) is 18.7. The smallest absolute Gasteiger partial charge is 0.412 e. The highest BCUT2D eigenvalue weighted by Crippen LogP contribution is 2.06. The van der Waals surface area contributed by atoms with Gasteiger partial charge in [-0.15, -0.1) is 0 Å². The fourth-order valence-electron chi connectivity index (χ4n) is 2.94. The average Bonchev–Trinajstić information content (AvgIpc) is 2.76. The van der Waals surface area contributed by atoms with Crippen LogP contribution in [0.25, 0.3) is 0 Å². The number of ether oxygens (including phenoxy) is 2. The van der Waals surface area contributed by atoms with E-state index in [9.17, 15) is 14.4 Å². The number of methoxy groups -OCH3 is 1. The zero-order valence-corrected chi connectivity index (χ0v) is 19.5. The summed E-state index contributed by atoms with van der Waals surface area (Å²) in [5.41, 5.74) is 1.51. The Balaban J connectivity index is 0.00000512. The molecule has 8 nitrogen and oxygen atoms in total. The van der Waals surface area contributed by atoms with Crippen molar-refractivity contribution in [3.63, 3.8) is 0 Å². The molecule has 9 heteroatoms. The Morgan fingerprint density at radius 1 is 0.969 bits per heavy atom. The van der Waals surface area contributed by atoms with Crippen LogP contribution in [0.3, 0.4) is 0 Å². The summed E-state index contributed by atoms with van der Waals surface area (Å²) in [5.74, 6) is -0.985. The molecule has 2 rings (SSSR count). The number of nitrogens with one attached hydrogen (secondary N) is 2. The van der Waals surface area contributed by atoms with E-state index in [1.54, 1.807) is 29.1 Å². The number of pyridine rings is 1. The molecular weight excluding hydrogens is 434 g/mol. The van der Waals surface area contributed by atoms with Gasteiger partial charge in [-0.1, -0.05) is 44.2 Å². The van der Waals surface area contributed by atoms with Gasteiger partial charge in [0.25, 0.3) is 12.6 Å². The van der Waals surface area contributed by atoms with E-state index in [1.165, 1.54) is 7.11 Å². The summed E-state index contributed by atoms with van der Waals surface area (Å²) in [6.45, 7) is 5.56. The van der Waals surface area contributed by atoms with Crippen molar-refractivity contribution < 1.29 is 40.8 Å². The van der Waals surface area contributed by atoms with Gasteiger partial charge in [-0.2, -0.15) is 4.57 Å². The molecule has 2 N–H and O–H groups in total. The van der Waals surface area contributed by atoms with E-state index in [2.05, 4.69) is 10.6 Å². The molecule has 0 saturated heterocycles. The van der Waals surface area contributed by atoms with Crippen LogP contribution in [0, 0.1) is 5.92 Å². The van der Waals surface area contributed by atoms with Crippen molar-refractivity contribution in [3.8, 4) is 0 Å². The third kappa shape index (κ3) is 8.55. The van der Waals surface area contributed by atoms with E-state index in [-0.39, 0.29) is 37.0 Å². The van der Waals surface area contributed by atoms with Crippen LogP contribution in [0.4, 0.5) is 4.79 Å². The number of aromatic nitrogens is 1. The van der Waals surface area contributed by atoms with Crippen molar-refractivity contribution in [3.05, 3.63) is 66.0 Å². The summed E-state index contributed by atoms with van der Waals surface area (Å²) in [7, 11) is 1.29. The third-order valence-corrected chi connectivity index (χ3v) is 4.66. The Morgan fingerprint density at radius 2 is 1.59 bits per heavy atom. The molecule has 2 amide bonds. The maximum atomic E-state index is 12.4. The Hall–Kier alpha value is -3.13. The van der Waals surface area contributed by atoms with E-state index in [0.717, 1.165) is 5.56 Å². The molecule has 0 fully saturated rings. The van der Waals surface area contributed by atoms with Crippen molar-refractivity contribution in [1.29, 1.82) is 0 Å². The number of rotatable bonds is 9. The summed E-state index contributed by atoms with van der Waals surface area (Å²) >= 11 is 0. The lowest BCUT2D eigenvalue weighted by Gasteiger charge is -2.19. The number of hydrogen-bond donors (Lipinski definition) is 2. The molecule has 2 aromatic rings. The molecule has 32 heavy (non-hydrogen) atoms. The average molecular weight is 464 g/mol. The molecule has 174 valence electrons. The van der Waals surface area contributed by atoms with E-state index >= 15 is 0 Å². The highest BCUT2D eigenvalue weighted by molar-refractivity contribution is 5.96. The number of amides is 2. The molecule has 0 aliphatic carbocycles. The normalized spacial score (nSPS) is 12.2. The summed E-state index contributed by atoms with van der Waals surface area (Å²) < 4.78 is 11.6. The van der Waals surface area contributed by atoms with Crippen molar-refractivity contribution in [2.45, 2.75) is 46.0 Å². The summed E-state index contributed by atoms with van der Waals surface area (Å²) in [4.78, 5) is 36.2. The van der Waals surface area contributed by atoms with Crippen LogP contribution in [-0.4, -0.2) is 37.2 Å². The van der Waals surface area contributed by atoms with Gasteiger partial charge in [-0.3, -0.25) is 4.79 Å². The van der Waals surface area contributed by atoms with Crippen molar-refractivity contribution in [1.82, 2.24) is 10.6 Å². The molecule has 0 saturated carbocycles. The molecule has 1 heterocycles. The molecule has 1 aromatic heterocycles. The highest BCUT2D eigenvalue weighted by atomic mass is 35.5. The van der Waals surface area contributed by atoms with E-state index in [0.29, 0.717) is 12.0 Å². The lowest BCUT2D eigenvalue weighted by atomic mass is 10.0. The van der Waals surface area contributed by atoms with Crippen molar-refractivity contribution in [2.24, 2.45) is 5.92 Å². The Kier molecular flexibility index (Phi) is 11.2. The van der Waals surface area contributed by atoms with Crippen LogP contribution < -0.4 is 27.6 Å². The lowest BCUT2D eigenvalue weighted by Crippen LogP contribution is -3.00. The number of carbonyl (C=O) groups excluding carboxylic acids is 3. The van der Waals surface area contributed by atoms with Crippen LogP contribution in [0.15, 0.2) is 54.9 Å². The molecule has 2 atom stereocenters. The van der Waals surface area contributed by atoms with Gasteiger partial charge in [0.2, 0.25) is 0 Å². The molecule has 1 aromatic carbocycles. The van der Waals surface area contributed by atoms with Gasteiger partial charge in [0.05, 0.1) is 12.7 Å². The number of nitrogens with zero attached hydrogens (tertiary/aromatic N) is 1. The van der Waals surface area contributed by atoms with Crippen molar-refractivity contribution >= 4 is 18.0 Å². The SMILES string of the molecule is COC(=O)[C@@H](NC(=O)c1cc[n+](COC(=O)N[C@@H](C)Cc2ccccc2)cc1)C(C)C.[Cl-]. The predicted octanol–water partition coefficient (Wildman–Crippen LogP) is -0.780. The number of halogens is 1. The first-order chi connectivity index (χ1) is 14.8. The second-order valence-electron chi connectivity index (χ2n) is 7.62. The standard InChI is InChI=1S/C23H29N3O5.ClH/c1-16(2)20(22(28)30-4)25-21(27)19-10-12-26(13-11-19)15-31-23(29)24-17(3)14-18-8-6-5-7-9-18;/h5-13,16-17,20H,14-15H2,1-4H3,(H-,24,25,27,29);1H/t17-,20-;/m0./s1. The quantitative estimate of drug-likeness (QED) is 0.375. The zero-order chi connectivity index (χ0) is 22.8. The van der Waals surface area contributed by atoms with Gasteiger partial charge in [-0.05, 0) is 24.8 Å². The van der Waals surface area contributed by atoms with Crippen LogP contribution in [-0.2, 0) is 27.4 Å². The van der Waals surface area contributed by atoms with Gasteiger partial charge in [0.15, 0.2) is 12.4 Å². The second kappa shape index (κ2) is 13.3. The summed E-state index contributed by atoms with van der Waals surface area (Å²) in [5, 5.41) is 5.47. The predicted molar refractivity (Wildman–Crippen MR) is 114 cm³/mol. The minimum Gasteiger partial charge on any atom is -1.00 e. The fraction of sp³-hybridized carbons (Fsp3) is 0.391. The topological polar surface area (TPSA) is 97.6 Å². The van der Waals surface area contributed by atoms with Crippen LogP contribution in [0.1, 0.15) is 36.7 Å². The minimum atomic E-state index is -0.727. The molecular formula is C23H30ClN3O5. The van der Waals surface area contributed by atoms with Gasteiger partial charge in [0.1, 0.15) is 6.04 Å². The van der Waals surface area contributed by atoms with Gasteiger partial charge in [-0.25, -0.2) is 9.59 Å². The van der Waals surface area contributed by atoms with Crippen LogP contribution in [0.5, 0.6) is 0 Å². The molecule has 0 bridgehead atoms. The molecule has 0 radical (unpaired) electrons. The van der Waals surface area contributed by atoms with Gasteiger partial charge in [0, 0.05) is 18.2 Å². The first kappa shape index (κ1) is 26.9. The summed E-state index contributed by atoms with van der Waals surface area (Å²) in [6.07, 6.45) is 3.43. The Bertz CT molecular complexity index is 875. The highest BCUT2D eigenvalue weighted by Gasteiger charge is 2.25. The number of carbonyl (C=O) groups is 3. The third-order valence-electron chi connectivity index (χ3n) is 4.66. The first-order valence-electron chi connectivity index (χ1n) is 10.1. The lowest BCUT2D eigenvalue weighted by molar-refractivity contribution is -0.727. The van der Waals surface area contributed by atoms with E-state index in [4.69, 9.17) is 9.47 Å². The Morgan fingerprint density at radius 3 is 2.16 bits per heavy atom. The first-order valence-corrected chi connectivity index (χ1v) is 10.1. The number of hydrogen-bond acceptors (Lipinski definition) is 5. The molecule has 0 spiro atoms. The van der Waals surface area contributed by atoms with Crippen LogP contribution >= 0.6 is 0 Å². The maximum Gasteiger partial charge on any atom is 0.412 e. The molecule has 0 aliphatic heterocycles. The van der Waals surface area contributed by atoms with Gasteiger partial charge >= 0.3 is 12.1 Å². The van der Waals surface area contributed by atoms with E-state index in [1.807, 2.05) is 51.1 Å². The van der Waals surface area contributed by atoms with Crippen molar-refractivity contribution in [2.75, 3.05) is 7.11 Å². The number of alkyl carbamates (subject to hydrolysis) is 1. The monoisotopic (exact) mass is 463 g/mol.